The molecule has 1 saturated heterocycles. The molecule has 1 aromatic carbocycles. The first kappa shape index (κ1) is 19.5. The number of halogens is 1. The Morgan fingerprint density at radius 2 is 1.83 bits per heavy atom. The fraction of sp³-hybridized carbons (Fsp3) is 0.250. The lowest BCUT2D eigenvalue weighted by molar-refractivity contribution is -0.134. The number of hydrogen-bond acceptors (Lipinski definition) is 7. The van der Waals surface area contributed by atoms with Crippen molar-refractivity contribution < 1.29 is 18.7 Å². The van der Waals surface area contributed by atoms with Crippen LogP contribution in [0.2, 0.25) is 0 Å². The second-order valence-electron chi connectivity index (χ2n) is 6.44. The van der Waals surface area contributed by atoms with Crippen LogP contribution in [0.25, 0.3) is 9.88 Å². The Hall–Kier alpha value is -2.78. The molecule has 0 atom stereocenters. The Labute approximate surface area is 175 Å². The van der Waals surface area contributed by atoms with Crippen LogP contribution in [-0.4, -0.2) is 54.5 Å². The Balaban J connectivity index is 1.26. The number of thiazole rings is 1. The van der Waals surface area contributed by atoms with Gasteiger partial charge in [0.2, 0.25) is 0 Å². The van der Waals surface area contributed by atoms with Crippen LogP contribution in [0.1, 0.15) is 10.5 Å². The molecule has 4 rings (SSSR count). The smallest absolute Gasteiger partial charge is 0.358 e. The van der Waals surface area contributed by atoms with Gasteiger partial charge in [0.15, 0.2) is 12.3 Å². The Kier molecular flexibility index (Phi) is 5.86. The van der Waals surface area contributed by atoms with Crippen molar-refractivity contribution in [3.63, 3.8) is 0 Å². The number of thiophene rings is 1. The van der Waals surface area contributed by atoms with E-state index in [1.54, 1.807) is 33.7 Å². The van der Waals surface area contributed by atoms with Gasteiger partial charge in [0, 0.05) is 37.2 Å². The van der Waals surface area contributed by atoms with Crippen molar-refractivity contribution in [2.45, 2.75) is 0 Å². The predicted molar refractivity (Wildman–Crippen MR) is 111 cm³/mol. The van der Waals surface area contributed by atoms with Gasteiger partial charge in [0.1, 0.15) is 10.8 Å². The first-order valence-electron chi connectivity index (χ1n) is 9.05. The van der Waals surface area contributed by atoms with Gasteiger partial charge in [0.05, 0.1) is 4.88 Å². The molecular formula is C20H18FN3O3S2. The summed E-state index contributed by atoms with van der Waals surface area (Å²) in [5, 5.41) is 4.35. The Morgan fingerprint density at radius 3 is 2.52 bits per heavy atom. The number of ether oxygens (including phenoxy) is 1. The van der Waals surface area contributed by atoms with Crippen LogP contribution in [0, 0.1) is 5.82 Å². The highest BCUT2D eigenvalue weighted by Crippen LogP contribution is 2.28. The highest BCUT2D eigenvalue weighted by atomic mass is 32.1. The van der Waals surface area contributed by atoms with Crippen molar-refractivity contribution in [1.82, 2.24) is 9.88 Å². The van der Waals surface area contributed by atoms with Crippen molar-refractivity contribution in [2.75, 3.05) is 37.7 Å². The third-order valence-corrected chi connectivity index (χ3v) is 6.48. The molecule has 1 amide bonds. The summed E-state index contributed by atoms with van der Waals surface area (Å²) in [5.74, 6) is -1.10. The van der Waals surface area contributed by atoms with E-state index in [0.717, 1.165) is 15.6 Å². The molecule has 6 nitrogen and oxygen atoms in total. The van der Waals surface area contributed by atoms with Gasteiger partial charge in [-0.15, -0.1) is 22.7 Å². The first-order chi connectivity index (χ1) is 14.1. The number of aromatic nitrogens is 1. The maximum atomic E-state index is 13.1. The zero-order chi connectivity index (χ0) is 20.2. The van der Waals surface area contributed by atoms with Crippen LogP contribution in [-0.2, 0) is 9.53 Å². The lowest BCUT2D eigenvalue weighted by Gasteiger charge is -2.36. The largest absolute Gasteiger partial charge is 0.451 e. The van der Waals surface area contributed by atoms with Crippen molar-refractivity contribution in [1.29, 1.82) is 0 Å². The summed E-state index contributed by atoms with van der Waals surface area (Å²) in [7, 11) is 0. The summed E-state index contributed by atoms with van der Waals surface area (Å²) in [4.78, 5) is 33.6. The van der Waals surface area contributed by atoms with E-state index in [-0.39, 0.29) is 24.0 Å². The highest BCUT2D eigenvalue weighted by Gasteiger charge is 2.23. The summed E-state index contributed by atoms with van der Waals surface area (Å²) >= 11 is 2.92. The molecule has 1 fully saturated rings. The summed E-state index contributed by atoms with van der Waals surface area (Å²) in [6, 6.07) is 10.2. The van der Waals surface area contributed by atoms with Crippen molar-refractivity contribution in [2.24, 2.45) is 0 Å². The number of esters is 1. The van der Waals surface area contributed by atoms with E-state index >= 15 is 0 Å². The third-order valence-electron chi connectivity index (χ3n) is 4.60. The number of piperazine rings is 1. The molecule has 9 heteroatoms. The average Bonchev–Trinajstić information content (AvgIpc) is 3.44. The second kappa shape index (κ2) is 8.71. The van der Waals surface area contributed by atoms with Gasteiger partial charge in [-0.05, 0) is 35.7 Å². The number of carbonyl (C=O) groups excluding carboxylic acids is 2. The van der Waals surface area contributed by atoms with E-state index in [0.29, 0.717) is 26.2 Å². The van der Waals surface area contributed by atoms with E-state index in [2.05, 4.69) is 9.88 Å². The van der Waals surface area contributed by atoms with Gasteiger partial charge in [-0.25, -0.2) is 14.2 Å². The molecule has 1 aliphatic rings. The molecule has 3 heterocycles. The molecule has 1 aliphatic heterocycles. The summed E-state index contributed by atoms with van der Waals surface area (Å²) in [6.45, 7) is 2.02. The molecule has 3 aromatic rings. The maximum Gasteiger partial charge on any atom is 0.358 e. The maximum absolute atomic E-state index is 13.1. The second-order valence-corrected chi connectivity index (χ2v) is 8.24. The third kappa shape index (κ3) is 4.63. The zero-order valence-electron chi connectivity index (χ0n) is 15.4. The van der Waals surface area contributed by atoms with Crippen LogP contribution in [0.5, 0.6) is 0 Å². The first-order valence-corrected chi connectivity index (χ1v) is 10.8. The van der Waals surface area contributed by atoms with E-state index in [1.807, 2.05) is 17.5 Å². The van der Waals surface area contributed by atoms with Gasteiger partial charge < -0.3 is 14.5 Å². The normalized spacial score (nSPS) is 14.1. The molecule has 0 saturated carbocycles. The number of hydrogen-bond donors (Lipinski definition) is 0. The van der Waals surface area contributed by atoms with Gasteiger partial charge in [0.25, 0.3) is 5.91 Å². The van der Waals surface area contributed by atoms with Crippen LogP contribution in [0.15, 0.2) is 47.2 Å². The predicted octanol–water partition coefficient (Wildman–Crippen LogP) is 3.52. The molecule has 0 aliphatic carbocycles. The van der Waals surface area contributed by atoms with Crippen molar-refractivity contribution in [3.8, 4) is 9.88 Å². The fourth-order valence-electron chi connectivity index (χ4n) is 3.04. The van der Waals surface area contributed by atoms with E-state index in [4.69, 9.17) is 4.74 Å². The molecule has 0 N–H and O–H groups in total. The molecule has 0 radical (unpaired) electrons. The van der Waals surface area contributed by atoms with E-state index in [1.165, 1.54) is 23.5 Å². The number of amides is 1. The Morgan fingerprint density at radius 1 is 1.07 bits per heavy atom. The number of benzene rings is 1. The quantitative estimate of drug-likeness (QED) is 0.579. The van der Waals surface area contributed by atoms with Crippen LogP contribution in [0.4, 0.5) is 10.1 Å². The standard InChI is InChI=1S/C20H18FN3O3S2/c21-14-3-5-15(6-4-14)23-7-9-24(10-8-23)18(25)12-27-20(26)16-13-29-19(22-16)17-2-1-11-28-17/h1-6,11,13H,7-10,12H2. The monoisotopic (exact) mass is 431 g/mol. The van der Waals surface area contributed by atoms with Crippen LogP contribution >= 0.6 is 22.7 Å². The minimum Gasteiger partial charge on any atom is -0.451 e. The van der Waals surface area contributed by atoms with Crippen LogP contribution in [0.3, 0.4) is 0 Å². The van der Waals surface area contributed by atoms with Gasteiger partial charge in [-0.3, -0.25) is 4.79 Å². The summed E-state index contributed by atoms with van der Waals surface area (Å²) < 4.78 is 18.2. The van der Waals surface area contributed by atoms with Crippen molar-refractivity contribution >= 4 is 40.2 Å². The van der Waals surface area contributed by atoms with Gasteiger partial charge in [-0.1, -0.05) is 6.07 Å². The lowest BCUT2D eigenvalue weighted by atomic mass is 10.2. The number of anilines is 1. The Bertz CT molecular complexity index is 981. The van der Waals surface area contributed by atoms with E-state index in [9.17, 15) is 14.0 Å². The average molecular weight is 432 g/mol. The zero-order valence-corrected chi connectivity index (χ0v) is 17.0. The molecule has 2 aromatic heterocycles. The minimum absolute atomic E-state index is 0.215. The van der Waals surface area contributed by atoms with Gasteiger partial charge in [-0.2, -0.15) is 0 Å². The molecule has 0 unspecified atom stereocenters. The minimum atomic E-state index is -0.595. The van der Waals surface area contributed by atoms with Crippen LogP contribution < -0.4 is 4.90 Å². The topological polar surface area (TPSA) is 62.7 Å². The van der Waals surface area contributed by atoms with E-state index < -0.39 is 5.97 Å². The number of nitrogens with zero attached hydrogens (tertiary/aromatic N) is 3. The SMILES string of the molecule is O=C(OCC(=O)N1CCN(c2ccc(F)cc2)CC1)c1csc(-c2cccs2)n1. The van der Waals surface area contributed by atoms with Crippen molar-refractivity contribution in [3.05, 3.63) is 58.7 Å². The van der Waals surface area contributed by atoms with Gasteiger partial charge >= 0.3 is 5.97 Å². The number of rotatable bonds is 5. The molecule has 150 valence electrons. The lowest BCUT2D eigenvalue weighted by Crippen LogP contribution is -2.49. The molecule has 0 bridgehead atoms. The molecule has 0 spiro atoms. The number of carbonyl (C=O) groups is 2. The highest BCUT2D eigenvalue weighted by molar-refractivity contribution is 7.20. The fourth-order valence-corrected chi connectivity index (χ4v) is 4.64. The summed E-state index contributed by atoms with van der Waals surface area (Å²) in [6.07, 6.45) is 0. The molecular weight excluding hydrogens is 413 g/mol. The molecule has 29 heavy (non-hydrogen) atoms. The summed E-state index contributed by atoms with van der Waals surface area (Å²) in [5.41, 5.74) is 1.14.